The fraction of sp³-hybridized carbons (Fsp3) is 0.455. The highest BCUT2D eigenvalue weighted by molar-refractivity contribution is 7.96. The summed E-state index contributed by atoms with van der Waals surface area (Å²) < 4.78 is 1.17. The van der Waals surface area contributed by atoms with Crippen molar-refractivity contribution in [2.45, 2.75) is 6.42 Å². The summed E-state index contributed by atoms with van der Waals surface area (Å²) in [5, 5.41) is 9.50. The van der Waals surface area contributed by atoms with E-state index in [1.54, 1.807) is 0 Å². The van der Waals surface area contributed by atoms with Gasteiger partial charge in [0, 0.05) is 13.1 Å². The molecule has 0 aliphatic carbocycles. The van der Waals surface area contributed by atoms with E-state index in [0.29, 0.717) is 12.5 Å². The highest BCUT2D eigenvalue weighted by Gasteiger charge is 2.17. The molecule has 0 aromatic heterocycles. The van der Waals surface area contributed by atoms with Crippen molar-refractivity contribution in [2.75, 3.05) is 25.6 Å². The lowest BCUT2D eigenvalue weighted by atomic mass is 10.0. The molecule has 0 bridgehead atoms. The minimum atomic E-state index is 0.381. The zero-order chi connectivity index (χ0) is 12.0. The lowest BCUT2D eigenvalue weighted by Crippen LogP contribution is -2.37. The smallest absolute Gasteiger partial charge is 0.0875 e. The number of nitrogens with two attached hydrogens (primary N) is 1. The van der Waals surface area contributed by atoms with Gasteiger partial charge in [0.15, 0.2) is 0 Å². The molecule has 1 aliphatic rings. The number of hydrogen-bond acceptors (Lipinski definition) is 5. The molecule has 90 valence electrons. The maximum Gasteiger partial charge on any atom is 0.0875 e. The van der Waals surface area contributed by atoms with Crippen LogP contribution in [0.3, 0.4) is 0 Å². The quantitative estimate of drug-likeness (QED) is 0.420. The average molecular weight is 241 g/mol. The van der Waals surface area contributed by atoms with Gasteiger partial charge >= 0.3 is 0 Å². The Bertz CT molecular complexity index is 291. The van der Waals surface area contributed by atoms with Gasteiger partial charge in [0.1, 0.15) is 0 Å². The van der Waals surface area contributed by atoms with E-state index < -0.39 is 0 Å². The SMILES string of the molecule is C=CC1=C(C=C)CN(CN(O)SCN)CC1. The molecular formula is C11H19N3OS. The first-order chi connectivity index (χ1) is 7.71. The van der Waals surface area contributed by atoms with Crippen molar-refractivity contribution < 1.29 is 5.21 Å². The van der Waals surface area contributed by atoms with Gasteiger partial charge in [-0.1, -0.05) is 25.3 Å². The topological polar surface area (TPSA) is 52.7 Å². The molecule has 3 N–H and O–H groups in total. The molecule has 0 saturated heterocycles. The van der Waals surface area contributed by atoms with E-state index >= 15 is 0 Å². The molecule has 0 unspecified atom stereocenters. The van der Waals surface area contributed by atoms with Crippen LogP contribution < -0.4 is 5.73 Å². The highest BCUT2D eigenvalue weighted by atomic mass is 32.2. The second kappa shape index (κ2) is 6.88. The van der Waals surface area contributed by atoms with E-state index in [-0.39, 0.29) is 0 Å². The molecule has 1 heterocycles. The highest BCUT2D eigenvalue weighted by Crippen LogP contribution is 2.20. The molecule has 0 aromatic carbocycles. The molecule has 0 radical (unpaired) electrons. The fourth-order valence-electron chi connectivity index (χ4n) is 1.71. The lowest BCUT2D eigenvalue weighted by Gasteiger charge is -2.30. The van der Waals surface area contributed by atoms with Gasteiger partial charge in [-0.2, -0.15) is 0 Å². The van der Waals surface area contributed by atoms with Crippen LogP contribution in [0.25, 0.3) is 0 Å². The van der Waals surface area contributed by atoms with Gasteiger partial charge in [-0.05, 0) is 29.5 Å². The van der Waals surface area contributed by atoms with E-state index in [2.05, 4.69) is 18.1 Å². The monoisotopic (exact) mass is 241 g/mol. The van der Waals surface area contributed by atoms with Crippen molar-refractivity contribution in [1.29, 1.82) is 0 Å². The van der Waals surface area contributed by atoms with Crippen LogP contribution in [0.2, 0.25) is 0 Å². The van der Waals surface area contributed by atoms with Crippen LogP contribution >= 0.6 is 11.9 Å². The summed E-state index contributed by atoms with van der Waals surface area (Å²) in [7, 11) is 0. The Morgan fingerprint density at radius 2 is 2.12 bits per heavy atom. The number of hydrogen-bond donors (Lipinski definition) is 2. The van der Waals surface area contributed by atoms with Crippen molar-refractivity contribution in [2.24, 2.45) is 5.73 Å². The Hall–Kier alpha value is -0.590. The standard InChI is InChI=1S/C11H19N3OS/c1-3-10-5-6-13(7-11(10)4-2)9-14(15)16-8-12/h3-4,15H,1-2,5-9,12H2. The fourth-order valence-corrected chi connectivity index (χ4v) is 2.13. The van der Waals surface area contributed by atoms with Crippen molar-refractivity contribution in [3.05, 3.63) is 36.5 Å². The molecule has 1 aliphatic heterocycles. The summed E-state index contributed by atoms with van der Waals surface area (Å²) in [5.41, 5.74) is 7.78. The number of allylic oxidation sites excluding steroid dienone is 1. The number of hydroxylamine groups is 1. The summed E-state index contributed by atoms with van der Waals surface area (Å²) in [6.45, 7) is 9.80. The zero-order valence-corrected chi connectivity index (χ0v) is 10.2. The molecule has 0 fully saturated rings. The van der Waals surface area contributed by atoms with Crippen LogP contribution in [0, 0.1) is 0 Å². The van der Waals surface area contributed by atoms with E-state index in [0.717, 1.165) is 19.5 Å². The summed E-state index contributed by atoms with van der Waals surface area (Å²) in [6.07, 6.45) is 4.70. The largest absolute Gasteiger partial charge is 0.321 e. The van der Waals surface area contributed by atoms with Crippen LogP contribution in [0.15, 0.2) is 36.5 Å². The Morgan fingerprint density at radius 3 is 2.69 bits per heavy atom. The lowest BCUT2D eigenvalue weighted by molar-refractivity contribution is -0.0278. The second-order valence-corrected chi connectivity index (χ2v) is 4.56. The number of nitrogens with zero attached hydrogens (tertiary/aromatic N) is 2. The molecule has 1 rings (SSSR count). The normalized spacial score (nSPS) is 17.9. The van der Waals surface area contributed by atoms with Gasteiger partial charge in [0.25, 0.3) is 0 Å². The van der Waals surface area contributed by atoms with Crippen molar-refractivity contribution in [3.8, 4) is 0 Å². The first kappa shape index (κ1) is 13.5. The molecule has 0 saturated carbocycles. The van der Waals surface area contributed by atoms with E-state index in [1.807, 2.05) is 12.2 Å². The molecular weight excluding hydrogens is 222 g/mol. The summed E-state index contributed by atoms with van der Waals surface area (Å²) in [6, 6.07) is 0. The molecule has 4 nitrogen and oxygen atoms in total. The van der Waals surface area contributed by atoms with Gasteiger partial charge in [0.05, 0.1) is 12.5 Å². The van der Waals surface area contributed by atoms with Gasteiger partial charge in [0.2, 0.25) is 0 Å². The van der Waals surface area contributed by atoms with Gasteiger partial charge in [-0.15, -0.1) is 4.47 Å². The maximum atomic E-state index is 9.50. The van der Waals surface area contributed by atoms with Crippen molar-refractivity contribution in [3.63, 3.8) is 0 Å². The van der Waals surface area contributed by atoms with E-state index in [9.17, 15) is 5.21 Å². The van der Waals surface area contributed by atoms with E-state index in [4.69, 9.17) is 5.73 Å². The predicted octanol–water partition coefficient (Wildman–Crippen LogP) is 1.57. The summed E-state index contributed by atoms with van der Waals surface area (Å²) >= 11 is 1.20. The maximum absolute atomic E-state index is 9.50. The average Bonchev–Trinajstić information content (AvgIpc) is 2.29. The Kier molecular flexibility index (Phi) is 5.79. The van der Waals surface area contributed by atoms with Crippen LogP contribution in [-0.2, 0) is 0 Å². The summed E-state index contributed by atoms with van der Waals surface area (Å²) in [4.78, 5) is 2.15. The summed E-state index contributed by atoms with van der Waals surface area (Å²) in [5.74, 6) is 0.381. The molecule has 5 heteroatoms. The van der Waals surface area contributed by atoms with Crippen molar-refractivity contribution >= 4 is 11.9 Å². The predicted molar refractivity (Wildman–Crippen MR) is 68.7 cm³/mol. The van der Waals surface area contributed by atoms with Crippen molar-refractivity contribution in [1.82, 2.24) is 9.37 Å². The van der Waals surface area contributed by atoms with Crippen LogP contribution in [-0.4, -0.2) is 40.2 Å². The van der Waals surface area contributed by atoms with E-state index in [1.165, 1.54) is 27.6 Å². The molecule has 0 atom stereocenters. The van der Waals surface area contributed by atoms with Crippen LogP contribution in [0.5, 0.6) is 0 Å². The Balaban J connectivity index is 2.53. The second-order valence-electron chi connectivity index (χ2n) is 3.55. The van der Waals surface area contributed by atoms with Gasteiger partial charge in [-0.25, -0.2) is 0 Å². The zero-order valence-electron chi connectivity index (χ0n) is 9.43. The third kappa shape index (κ3) is 3.77. The molecule has 0 amide bonds. The van der Waals surface area contributed by atoms with Crippen LogP contribution in [0.4, 0.5) is 0 Å². The minimum absolute atomic E-state index is 0.381. The number of rotatable bonds is 6. The Labute approximate surface area is 101 Å². The van der Waals surface area contributed by atoms with Crippen LogP contribution in [0.1, 0.15) is 6.42 Å². The first-order valence-corrected chi connectivity index (χ1v) is 6.14. The third-order valence-electron chi connectivity index (χ3n) is 2.54. The molecule has 0 spiro atoms. The first-order valence-electron chi connectivity index (χ1n) is 5.20. The van der Waals surface area contributed by atoms with Gasteiger partial charge < -0.3 is 10.9 Å². The third-order valence-corrected chi connectivity index (χ3v) is 3.10. The minimum Gasteiger partial charge on any atom is -0.321 e. The van der Waals surface area contributed by atoms with Gasteiger partial charge in [-0.3, -0.25) is 4.90 Å². The molecule has 0 aromatic rings. The molecule has 16 heavy (non-hydrogen) atoms. The Morgan fingerprint density at radius 1 is 1.44 bits per heavy atom.